The fourth-order valence-electron chi connectivity index (χ4n) is 1.91. The molecule has 0 bridgehead atoms. The Morgan fingerprint density at radius 2 is 2.21 bits per heavy atom. The molecule has 0 aliphatic carbocycles. The van der Waals surface area contributed by atoms with E-state index >= 15 is 0 Å². The zero-order valence-corrected chi connectivity index (χ0v) is 9.73. The highest BCUT2D eigenvalue weighted by molar-refractivity contribution is 4.85. The normalized spacial score (nSPS) is 30.2. The molecule has 1 fully saturated rings. The molecule has 3 nitrogen and oxygen atoms in total. The van der Waals surface area contributed by atoms with Crippen LogP contribution in [0.5, 0.6) is 0 Å². The zero-order chi connectivity index (χ0) is 10.4. The summed E-state index contributed by atoms with van der Waals surface area (Å²) in [6, 6.07) is 0. The summed E-state index contributed by atoms with van der Waals surface area (Å²) >= 11 is 0. The minimum Gasteiger partial charge on any atom is -0.380 e. The average Bonchev–Trinajstić information content (AvgIpc) is 2.17. The topological polar surface area (TPSA) is 33.3 Å². The Hall–Kier alpha value is -0.120. The molecule has 0 amide bonds. The Labute approximate surface area is 87.6 Å². The van der Waals surface area contributed by atoms with E-state index in [1.54, 1.807) is 0 Å². The lowest BCUT2D eigenvalue weighted by Crippen LogP contribution is -2.50. The van der Waals surface area contributed by atoms with Gasteiger partial charge < -0.3 is 15.4 Å². The lowest BCUT2D eigenvalue weighted by Gasteiger charge is -2.35. The van der Waals surface area contributed by atoms with E-state index in [-0.39, 0.29) is 5.54 Å². The molecule has 2 unspecified atom stereocenters. The molecule has 14 heavy (non-hydrogen) atoms. The minimum atomic E-state index is 0.209. The molecule has 0 saturated carbocycles. The van der Waals surface area contributed by atoms with Gasteiger partial charge in [0.05, 0.1) is 6.61 Å². The summed E-state index contributed by atoms with van der Waals surface area (Å²) in [6.07, 6.45) is 2.42. The first-order valence-corrected chi connectivity index (χ1v) is 5.64. The molecule has 1 heterocycles. The van der Waals surface area contributed by atoms with Gasteiger partial charge in [-0.1, -0.05) is 6.92 Å². The molecule has 2 N–H and O–H groups in total. The van der Waals surface area contributed by atoms with Crippen LogP contribution in [0, 0.1) is 5.92 Å². The second-order valence-corrected chi connectivity index (χ2v) is 4.76. The third-order valence-corrected chi connectivity index (χ3v) is 2.87. The molecule has 84 valence electrons. The van der Waals surface area contributed by atoms with Gasteiger partial charge in [0, 0.05) is 12.1 Å². The van der Waals surface area contributed by atoms with E-state index < -0.39 is 0 Å². The van der Waals surface area contributed by atoms with Gasteiger partial charge in [0.1, 0.15) is 0 Å². The van der Waals surface area contributed by atoms with Gasteiger partial charge >= 0.3 is 0 Å². The monoisotopic (exact) mass is 200 g/mol. The van der Waals surface area contributed by atoms with Crippen molar-refractivity contribution in [2.75, 3.05) is 33.4 Å². The van der Waals surface area contributed by atoms with E-state index in [4.69, 9.17) is 4.74 Å². The second kappa shape index (κ2) is 5.69. The second-order valence-electron chi connectivity index (χ2n) is 4.76. The Balaban J connectivity index is 2.21. The van der Waals surface area contributed by atoms with Gasteiger partial charge in [-0.3, -0.25) is 0 Å². The third-order valence-electron chi connectivity index (χ3n) is 2.87. The van der Waals surface area contributed by atoms with Gasteiger partial charge in [0.15, 0.2) is 0 Å². The molecule has 0 spiro atoms. The van der Waals surface area contributed by atoms with E-state index in [2.05, 4.69) is 24.5 Å². The molecular formula is C11H24N2O. The van der Waals surface area contributed by atoms with Crippen LogP contribution < -0.4 is 10.6 Å². The Kier molecular flexibility index (Phi) is 4.85. The quantitative estimate of drug-likeness (QED) is 0.694. The Bertz CT molecular complexity index is 155. The summed E-state index contributed by atoms with van der Waals surface area (Å²) in [7, 11) is 2.00. The van der Waals surface area contributed by atoms with Crippen molar-refractivity contribution in [1.29, 1.82) is 0 Å². The number of hydrogen-bond acceptors (Lipinski definition) is 3. The van der Waals surface area contributed by atoms with Gasteiger partial charge in [-0.2, -0.15) is 0 Å². The maximum atomic E-state index is 5.50. The van der Waals surface area contributed by atoms with Gasteiger partial charge in [-0.15, -0.1) is 0 Å². The summed E-state index contributed by atoms with van der Waals surface area (Å²) in [5.41, 5.74) is 0.209. The smallest absolute Gasteiger partial charge is 0.0645 e. The van der Waals surface area contributed by atoms with Crippen molar-refractivity contribution in [3.05, 3.63) is 0 Å². The predicted molar refractivity (Wildman–Crippen MR) is 59.6 cm³/mol. The molecular weight excluding hydrogens is 176 g/mol. The lowest BCUT2D eigenvalue weighted by atomic mass is 9.94. The largest absolute Gasteiger partial charge is 0.380 e. The lowest BCUT2D eigenvalue weighted by molar-refractivity contribution is 0.0272. The van der Waals surface area contributed by atoms with Crippen molar-refractivity contribution in [3.63, 3.8) is 0 Å². The number of nitrogens with one attached hydrogen (secondary N) is 2. The standard InChI is InChI=1S/C11H24N2O/c1-10(7-12-3)8-13-11(2)5-4-6-14-9-11/h10,12-13H,4-9H2,1-3H3. The van der Waals surface area contributed by atoms with Crippen LogP contribution in [0.3, 0.4) is 0 Å². The summed E-state index contributed by atoms with van der Waals surface area (Å²) in [6.45, 7) is 8.46. The fraction of sp³-hybridized carbons (Fsp3) is 1.00. The van der Waals surface area contributed by atoms with Crippen molar-refractivity contribution in [2.45, 2.75) is 32.2 Å². The van der Waals surface area contributed by atoms with Crippen molar-refractivity contribution in [1.82, 2.24) is 10.6 Å². The van der Waals surface area contributed by atoms with E-state index in [1.807, 2.05) is 7.05 Å². The van der Waals surface area contributed by atoms with E-state index in [0.29, 0.717) is 5.92 Å². The highest BCUT2D eigenvalue weighted by Gasteiger charge is 2.26. The van der Waals surface area contributed by atoms with Gasteiger partial charge in [0.2, 0.25) is 0 Å². The van der Waals surface area contributed by atoms with Crippen LogP contribution in [0.1, 0.15) is 26.7 Å². The molecule has 0 aromatic carbocycles. The molecule has 3 heteroatoms. The average molecular weight is 200 g/mol. The van der Waals surface area contributed by atoms with Gasteiger partial charge in [-0.05, 0) is 45.8 Å². The summed E-state index contributed by atoms with van der Waals surface area (Å²) in [5, 5.41) is 6.81. The highest BCUT2D eigenvalue weighted by atomic mass is 16.5. The van der Waals surface area contributed by atoms with Crippen molar-refractivity contribution < 1.29 is 4.74 Å². The predicted octanol–water partition coefficient (Wildman–Crippen LogP) is 1.00. The van der Waals surface area contributed by atoms with Gasteiger partial charge in [0.25, 0.3) is 0 Å². The number of rotatable bonds is 5. The van der Waals surface area contributed by atoms with Crippen LogP contribution in [0.4, 0.5) is 0 Å². The number of ether oxygens (including phenoxy) is 1. The van der Waals surface area contributed by atoms with Gasteiger partial charge in [-0.25, -0.2) is 0 Å². The fourth-order valence-corrected chi connectivity index (χ4v) is 1.91. The van der Waals surface area contributed by atoms with Crippen LogP contribution in [-0.2, 0) is 4.74 Å². The first-order chi connectivity index (χ1) is 6.66. The Morgan fingerprint density at radius 1 is 1.43 bits per heavy atom. The first kappa shape index (κ1) is 12.0. The molecule has 0 aromatic rings. The molecule has 1 saturated heterocycles. The van der Waals surface area contributed by atoms with Crippen LogP contribution in [0.2, 0.25) is 0 Å². The molecule has 1 aliphatic rings. The maximum Gasteiger partial charge on any atom is 0.0645 e. The zero-order valence-electron chi connectivity index (χ0n) is 9.73. The van der Waals surface area contributed by atoms with Crippen LogP contribution >= 0.6 is 0 Å². The van der Waals surface area contributed by atoms with Crippen molar-refractivity contribution in [2.24, 2.45) is 5.92 Å². The molecule has 0 radical (unpaired) electrons. The maximum absolute atomic E-state index is 5.50. The van der Waals surface area contributed by atoms with Crippen molar-refractivity contribution >= 4 is 0 Å². The van der Waals surface area contributed by atoms with Crippen LogP contribution in [0.25, 0.3) is 0 Å². The van der Waals surface area contributed by atoms with E-state index in [1.165, 1.54) is 12.8 Å². The molecule has 1 rings (SSSR count). The SMILES string of the molecule is CNCC(C)CNC1(C)CCCOC1. The van der Waals surface area contributed by atoms with Crippen molar-refractivity contribution in [3.8, 4) is 0 Å². The molecule has 2 atom stereocenters. The number of hydrogen-bond donors (Lipinski definition) is 2. The summed E-state index contributed by atoms with van der Waals surface area (Å²) < 4.78 is 5.50. The van der Waals surface area contributed by atoms with Crippen LogP contribution in [-0.4, -0.2) is 38.9 Å². The first-order valence-electron chi connectivity index (χ1n) is 5.64. The Morgan fingerprint density at radius 3 is 2.79 bits per heavy atom. The van der Waals surface area contributed by atoms with Crippen LogP contribution in [0.15, 0.2) is 0 Å². The summed E-state index contributed by atoms with van der Waals surface area (Å²) in [4.78, 5) is 0. The molecule has 1 aliphatic heterocycles. The van der Waals surface area contributed by atoms with E-state index in [9.17, 15) is 0 Å². The summed E-state index contributed by atoms with van der Waals surface area (Å²) in [5.74, 6) is 0.679. The minimum absolute atomic E-state index is 0.209. The third kappa shape index (κ3) is 3.95. The highest BCUT2D eigenvalue weighted by Crippen LogP contribution is 2.18. The molecule has 0 aromatic heterocycles. The van der Waals surface area contributed by atoms with E-state index in [0.717, 1.165) is 26.3 Å².